The van der Waals surface area contributed by atoms with Crippen LogP contribution in [-0.4, -0.2) is 9.04 Å². The average molecular weight is 197 g/mol. The van der Waals surface area contributed by atoms with Crippen molar-refractivity contribution in [3.63, 3.8) is 0 Å². The van der Waals surface area contributed by atoms with Gasteiger partial charge in [-0.15, -0.1) is 0 Å². The summed E-state index contributed by atoms with van der Waals surface area (Å²) in [5.41, 5.74) is 0. The molecule has 0 bridgehead atoms. The van der Waals surface area contributed by atoms with E-state index >= 15 is 0 Å². The zero-order chi connectivity index (χ0) is 10.3. The van der Waals surface area contributed by atoms with E-state index in [0.29, 0.717) is 5.92 Å². The molecular formula is C11H21OSi. The van der Waals surface area contributed by atoms with Crippen LogP contribution in [0.25, 0.3) is 0 Å². The van der Waals surface area contributed by atoms with Crippen LogP contribution >= 0.6 is 0 Å². The van der Waals surface area contributed by atoms with Gasteiger partial charge in [-0.1, -0.05) is 40.3 Å². The second-order valence-electron chi connectivity index (χ2n) is 3.42. The van der Waals surface area contributed by atoms with Crippen molar-refractivity contribution in [3.05, 3.63) is 24.5 Å². The molecule has 0 rings (SSSR count). The van der Waals surface area contributed by atoms with E-state index in [1.165, 1.54) is 0 Å². The van der Waals surface area contributed by atoms with Crippen LogP contribution in [0.3, 0.4) is 0 Å². The molecule has 0 N–H and O–H groups in total. The molecule has 13 heavy (non-hydrogen) atoms. The van der Waals surface area contributed by atoms with E-state index in [0.717, 1.165) is 17.8 Å². The van der Waals surface area contributed by atoms with Crippen LogP contribution in [0.5, 0.6) is 0 Å². The smallest absolute Gasteiger partial charge is 0.280 e. The Kier molecular flexibility index (Phi) is 6.68. The summed E-state index contributed by atoms with van der Waals surface area (Å²) in [5.74, 6) is 1.39. The molecule has 2 heteroatoms. The first kappa shape index (κ1) is 12.5. The minimum Gasteiger partial charge on any atom is -0.542 e. The van der Waals surface area contributed by atoms with E-state index in [1.54, 1.807) is 0 Å². The highest BCUT2D eigenvalue weighted by atomic mass is 28.3. The lowest BCUT2D eigenvalue weighted by Crippen LogP contribution is -2.13. The van der Waals surface area contributed by atoms with Gasteiger partial charge in [-0.05, 0) is 24.1 Å². The Morgan fingerprint density at radius 1 is 1.38 bits per heavy atom. The maximum Gasteiger partial charge on any atom is 0.280 e. The standard InChI is InChI=1S/C11H21OSi/c1-6-13(7-2)12-11(5)9-8-10(3)4/h8-10H,5-7H2,1-4H3/b9-8+. The van der Waals surface area contributed by atoms with Crippen molar-refractivity contribution >= 4 is 9.04 Å². The van der Waals surface area contributed by atoms with Gasteiger partial charge >= 0.3 is 0 Å². The molecule has 0 atom stereocenters. The monoisotopic (exact) mass is 197 g/mol. The Labute approximate surface area is 84.2 Å². The number of hydrogen-bond donors (Lipinski definition) is 0. The van der Waals surface area contributed by atoms with Gasteiger partial charge in [-0.3, -0.25) is 0 Å². The van der Waals surface area contributed by atoms with E-state index in [4.69, 9.17) is 4.43 Å². The minimum absolute atomic E-state index is 0.569. The number of allylic oxidation sites excluding steroid dienone is 2. The van der Waals surface area contributed by atoms with Crippen LogP contribution in [0.4, 0.5) is 0 Å². The van der Waals surface area contributed by atoms with Gasteiger partial charge in [-0.2, -0.15) is 0 Å². The van der Waals surface area contributed by atoms with Crippen LogP contribution < -0.4 is 0 Å². The van der Waals surface area contributed by atoms with Crippen LogP contribution in [0.15, 0.2) is 24.5 Å². The molecule has 0 spiro atoms. The minimum atomic E-state index is -0.620. The lowest BCUT2D eigenvalue weighted by molar-refractivity contribution is 0.452. The second-order valence-corrected chi connectivity index (χ2v) is 6.11. The maximum absolute atomic E-state index is 5.72. The first-order valence-corrected chi connectivity index (χ1v) is 6.82. The van der Waals surface area contributed by atoms with Gasteiger partial charge in [0.15, 0.2) is 0 Å². The molecule has 0 aliphatic carbocycles. The van der Waals surface area contributed by atoms with Crippen LogP contribution in [0.2, 0.25) is 12.1 Å². The number of hydrogen-bond acceptors (Lipinski definition) is 1. The predicted octanol–water partition coefficient (Wildman–Crippen LogP) is 3.76. The highest BCUT2D eigenvalue weighted by Gasteiger charge is 2.08. The lowest BCUT2D eigenvalue weighted by atomic mass is 10.2. The third-order valence-electron chi connectivity index (χ3n) is 1.73. The first-order valence-electron chi connectivity index (χ1n) is 4.99. The summed E-state index contributed by atoms with van der Waals surface area (Å²) >= 11 is 0. The van der Waals surface area contributed by atoms with Gasteiger partial charge in [0.05, 0.1) is 5.76 Å². The summed E-state index contributed by atoms with van der Waals surface area (Å²) in [7, 11) is -0.620. The van der Waals surface area contributed by atoms with E-state index in [-0.39, 0.29) is 0 Å². The zero-order valence-corrected chi connectivity index (χ0v) is 10.3. The van der Waals surface area contributed by atoms with E-state index in [1.807, 2.05) is 6.08 Å². The number of rotatable bonds is 6. The molecule has 0 aromatic heterocycles. The van der Waals surface area contributed by atoms with E-state index in [9.17, 15) is 0 Å². The zero-order valence-electron chi connectivity index (χ0n) is 9.26. The lowest BCUT2D eigenvalue weighted by Gasteiger charge is -2.12. The quantitative estimate of drug-likeness (QED) is 0.358. The van der Waals surface area contributed by atoms with E-state index in [2.05, 4.69) is 40.3 Å². The molecule has 0 aliphatic rings. The first-order chi connectivity index (χ1) is 6.10. The Morgan fingerprint density at radius 2 is 1.92 bits per heavy atom. The van der Waals surface area contributed by atoms with Gasteiger partial charge < -0.3 is 4.43 Å². The Balaban J connectivity index is 3.85. The summed E-state index contributed by atoms with van der Waals surface area (Å²) < 4.78 is 5.72. The van der Waals surface area contributed by atoms with Crippen LogP contribution in [0, 0.1) is 5.92 Å². The fraction of sp³-hybridized carbons (Fsp3) is 0.636. The molecule has 0 aliphatic heterocycles. The SMILES string of the molecule is C=C(/C=C/C(C)C)O[Si](CC)CC. The molecule has 75 valence electrons. The molecule has 0 unspecified atom stereocenters. The van der Waals surface area contributed by atoms with Gasteiger partial charge in [0, 0.05) is 0 Å². The Morgan fingerprint density at radius 3 is 2.31 bits per heavy atom. The Bertz CT molecular complexity index is 169. The summed E-state index contributed by atoms with van der Waals surface area (Å²) in [5, 5.41) is 0. The second kappa shape index (κ2) is 6.95. The van der Waals surface area contributed by atoms with Crippen molar-refractivity contribution in [1.82, 2.24) is 0 Å². The summed E-state index contributed by atoms with van der Waals surface area (Å²) in [6, 6.07) is 2.30. The third kappa shape index (κ3) is 6.64. The maximum atomic E-state index is 5.72. The topological polar surface area (TPSA) is 9.23 Å². The summed E-state index contributed by atoms with van der Waals surface area (Å²) in [6.07, 6.45) is 4.10. The molecule has 0 aromatic rings. The molecule has 0 saturated heterocycles. The van der Waals surface area contributed by atoms with Crippen molar-refractivity contribution in [1.29, 1.82) is 0 Å². The molecule has 1 radical (unpaired) electrons. The van der Waals surface area contributed by atoms with Gasteiger partial charge in [0.1, 0.15) is 0 Å². The largest absolute Gasteiger partial charge is 0.542 e. The van der Waals surface area contributed by atoms with Crippen molar-refractivity contribution in [2.45, 2.75) is 39.8 Å². The average Bonchev–Trinajstić information content (AvgIpc) is 2.10. The Hall–Kier alpha value is -0.503. The van der Waals surface area contributed by atoms with Crippen molar-refractivity contribution in [3.8, 4) is 0 Å². The van der Waals surface area contributed by atoms with Crippen molar-refractivity contribution < 1.29 is 4.43 Å². The molecule has 0 aromatic carbocycles. The van der Waals surface area contributed by atoms with Gasteiger partial charge in [0.25, 0.3) is 9.04 Å². The van der Waals surface area contributed by atoms with Crippen molar-refractivity contribution in [2.75, 3.05) is 0 Å². The molecule has 0 heterocycles. The highest BCUT2D eigenvalue weighted by molar-refractivity contribution is 6.51. The fourth-order valence-electron chi connectivity index (χ4n) is 0.914. The molecule has 0 amide bonds. The van der Waals surface area contributed by atoms with Gasteiger partial charge in [-0.25, -0.2) is 0 Å². The summed E-state index contributed by atoms with van der Waals surface area (Å²) in [6.45, 7) is 12.5. The fourth-order valence-corrected chi connectivity index (χ4v) is 2.14. The molecular weight excluding hydrogens is 176 g/mol. The normalized spacial score (nSPS) is 11.5. The van der Waals surface area contributed by atoms with Crippen LogP contribution in [-0.2, 0) is 4.43 Å². The molecule has 0 fully saturated rings. The highest BCUT2D eigenvalue weighted by Crippen LogP contribution is 2.08. The van der Waals surface area contributed by atoms with E-state index < -0.39 is 9.04 Å². The summed E-state index contributed by atoms with van der Waals surface area (Å²) in [4.78, 5) is 0. The third-order valence-corrected chi connectivity index (χ3v) is 3.86. The van der Waals surface area contributed by atoms with Crippen LogP contribution in [0.1, 0.15) is 27.7 Å². The molecule has 1 nitrogen and oxygen atoms in total. The van der Waals surface area contributed by atoms with Gasteiger partial charge in [0.2, 0.25) is 0 Å². The molecule has 0 saturated carbocycles. The predicted molar refractivity (Wildman–Crippen MR) is 60.9 cm³/mol. The van der Waals surface area contributed by atoms with Crippen molar-refractivity contribution in [2.24, 2.45) is 5.92 Å².